The largest absolute Gasteiger partial charge is 0.444 e. The number of carbonyl (C=O) groups is 2. The molecule has 2 saturated heterocycles. The molecule has 39 heavy (non-hydrogen) atoms. The third-order valence-electron chi connectivity index (χ3n) is 8.57. The number of benzene rings is 1. The number of rotatable bonds is 6. The SMILES string of the molecule is Cc1ccc(-n2ncc(C(=O)NC[C@@H]3CCN(C4CCCC4)C3)c2C2CCN(C(=O)OC(C)(C)C)CC2)cc1. The van der Waals surface area contributed by atoms with E-state index in [0.717, 1.165) is 49.8 Å². The highest BCUT2D eigenvalue weighted by Crippen LogP contribution is 2.33. The summed E-state index contributed by atoms with van der Waals surface area (Å²) in [5.41, 5.74) is 3.21. The average molecular weight is 536 g/mol. The zero-order valence-electron chi connectivity index (χ0n) is 24.1. The molecule has 0 spiro atoms. The molecule has 8 heteroatoms. The summed E-state index contributed by atoms with van der Waals surface area (Å²) >= 11 is 0. The van der Waals surface area contributed by atoms with Gasteiger partial charge in [-0.05, 0) is 84.4 Å². The lowest BCUT2D eigenvalue weighted by Crippen LogP contribution is -2.41. The summed E-state index contributed by atoms with van der Waals surface area (Å²) in [6.45, 7) is 11.9. The van der Waals surface area contributed by atoms with Crippen LogP contribution in [0.5, 0.6) is 0 Å². The Bertz CT molecular complexity index is 1140. The topological polar surface area (TPSA) is 79.7 Å². The third-order valence-corrected chi connectivity index (χ3v) is 8.57. The fourth-order valence-corrected chi connectivity index (χ4v) is 6.44. The van der Waals surface area contributed by atoms with Gasteiger partial charge in [-0.15, -0.1) is 0 Å². The second-order valence-electron chi connectivity index (χ2n) is 12.7. The normalized spacial score (nSPS) is 21.4. The molecule has 1 N–H and O–H groups in total. The summed E-state index contributed by atoms with van der Waals surface area (Å²) in [6, 6.07) is 9.00. The fraction of sp³-hybridized carbons (Fsp3) is 0.645. The lowest BCUT2D eigenvalue weighted by molar-refractivity contribution is 0.0203. The number of aryl methyl sites for hydroxylation is 1. The minimum Gasteiger partial charge on any atom is -0.444 e. The van der Waals surface area contributed by atoms with Crippen molar-refractivity contribution in [3.05, 3.63) is 47.3 Å². The highest BCUT2D eigenvalue weighted by atomic mass is 16.6. The van der Waals surface area contributed by atoms with Crippen molar-refractivity contribution in [2.24, 2.45) is 5.92 Å². The number of piperidine rings is 1. The summed E-state index contributed by atoms with van der Waals surface area (Å²) in [4.78, 5) is 30.6. The smallest absolute Gasteiger partial charge is 0.410 e. The number of nitrogens with one attached hydrogen (secondary N) is 1. The van der Waals surface area contributed by atoms with Gasteiger partial charge < -0.3 is 19.9 Å². The first-order valence-corrected chi connectivity index (χ1v) is 14.8. The van der Waals surface area contributed by atoms with Crippen molar-refractivity contribution in [3.8, 4) is 5.69 Å². The molecule has 0 unspecified atom stereocenters. The summed E-state index contributed by atoms with van der Waals surface area (Å²) < 4.78 is 7.52. The van der Waals surface area contributed by atoms with Crippen molar-refractivity contribution in [2.75, 3.05) is 32.7 Å². The summed E-state index contributed by atoms with van der Waals surface area (Å²) in [6.07, 6.45) is 9.49. The van der Waals surface area contributed by atoms with Crippen LogP contribution in [-0.2, 0) is 4.74 Å². The summed E-state index contributed by atoms with van der Waals surface area (Å²) in [7, 11) is 0. The Labute approximate surface area is 233 Å². The molecule has 3 heterocycles. The molecule has 2 aromatic rings. The van der Waals surface area contributed by atoms with E-state index in [0.29, 0.717) is 31.1 Å². The van der Waals surface area contributed by atoms with Gasteiger partial charge in [-0.25, -0.2) is 9.48 Å². The van der Waals surface area contributed by atoms with Crippen LogP contribution in [0.1, 0.15) is 93.3 Å². The van der Waals surface area contributed by atoms with Crippen LogP contribution in [0.2, 0.25) is 0 Å². The zero-order valence-corrected chi connectivity index (χ0v) is 24.1. The first kappa shape index (κ1) is 27.7. The van der Waals surface area contributed by atoms with Crippen LogP contribution >= 0.6 is 0 Å². The van der Waals surface area contributed by atoms with Gasteiger partial charge in [0, 0.05) is 38.1 Å². The molecule has 1 aliphatic carbocycles. The molecule has 2 aliphatic heterocycles. The van der Waals surface area contributed by atoms with Gasteiger partial charge in [0.05, 0.1) is 23.1 Å². The summed E-state index contributed by atoms with van der Waals surface area (Å²) in [5, 5.41) is 7.96. The average Bonchev–Trinajstić information content (AvgIpc) is 3.68. The molecule has 5 rings (SSSR count). The van der Waals surface area contributed by atoms with E-state index < -0.39 is 5.60 Å². The number of carbonyl (C=O) groups excluding carboxylic acids is 2. The van der Waals surface area contributed by atoms with Crippen molar-refractivity contribution in [3.63, 3.8) is 0 Å². The predicted octanol–water partition coefficient (Wildman–Crippen LogP) is 5.29. The highest BCUT2D eigenvalue weighted by Gasteiger charge is 2.33. The number of likely N-dealkylation sites (tertiary alicyclic amines) is 2. The number of aromatic nitrogens is 2. The van der Waals surface area contributed by atoms with Crippen LogP contribution in [-0.4, -0.2) is 75.9 Å². The van der Waals surface area contributed by atoms with Gasteiger partial charge in [-0.3, -0.25) is 4.79 Å². The highest BCUT2D eigenvalue weighted by molar-refractivity contribution is 5.95. The Kier molecular flexibility index (Phi) is 8.31. The van der Waals surface area contributed by atoms with E-state index in [9.17, 15) is 9.59 Å². The Morgan fingerprint density at radius 3 is 2.36 bits per heavy atom. The first-order chi connectivity index (χ1) is 18.7. The Morgan fingerprint density at radius 2 is 1.69 bits per heavy atom. The van der Waals surface area contributed by atoms with Crippen LogP contribution in [0.15, 0.2) is 30.5 Å². The Hall–Kier alpha value is -2.87. The van der Waals surface area contributed by atoms with Crippen molar-refractivity contribution >= 4 is 12.0 Å². The van der Waals surface area contributed by atoms with Gasteiger partial charge in [0.2, 0.25) is 0 Å². The van der Waals surface area contributed by atoms with Crippen molar-refractivity contribution in [2.45, 2.75) is 90.2 Å². The molecule has 1 aromatic carbocycles. The number of hydrogen-bond acceptors (Lipinski definition) is 5. The van der Waals surface area contributed by atoms with E-state index in [2.05, 4.69) is 41.4 Å². The molecule has 0 radical (unpaired) electrons. The Balaban J connectivity index is 1.28. The molecule has 3 fully saturated rings. The van der Waals surface area contributed by atoms with E-state index >= 15 is 0 Å². The molecule has 1 saturated carbocycles. The molecule has 8 nitrogen and oxygen atoms in total. The van der Waals surface area contributed by atoms with Gasteiger partial charge in [0.1, 0.15) is 5.60 Å². The van der Waals surface area contributed by atoms with E-state index in [1.807, 2.05) is 25.5 Å². The van der Waals surface area contributed by atoms with Gasteiger partial charge in [-0.2, -0.15) is 5.10 Å². The molecule has 2 amide bonds. The number of amides is 2. The van der Waals surface area contributed by atoms with Gasteiger partial charge in [0.15, 0.2) is 0 Å². The Morgan fingerprint density at radius 1 is 1.00 bits per heavy atom. The lowest BCUT2D eigenvalue weighted by Gasteiger charge is -2.34. The minimum absolute atomic E-state index is 0.0442. The standard InChI is InChI=1S/C31H45N5O3/c1-22-9-11-26(12-10-22)36-28(24-14-17-34(18-15-24)30(38)39-31(2,3)4)27(20-33-36)29(37)32-19-23-13-16-35(21-23)25-7-5-6-8-25/h9-12,20,23-25H,5-8,13-19,21H2,1-4H3,(H,32,37)/t23-/m0/s1. The second kappa shape index (κ2) is 11.7. The first-order valence-electron chi connectivity index (χ1n) is 14.8. The molecule has 1 atom stereocenters. The molecule has 3 aliphatic rings. The van der Waals surface area contributed by atoms with Crippen molar-refractivity contribution < 1.29 is 14.3 Å². The van der Waals surface area contributed by atoms with E-state index in [4.69, 9.17) is 9.84 Å². The minimum atomic E-state index is -0.517. The molecule has 0 bridgehead atoms. The van der Waals surface area contributed by atoms with Crippen molar-refractivity contribution in [1.82, 2.24) is 24.9 Å². The van der Waals surface area contributed by atoms with E-state index in [1.54, 1.807) is 11.1 Å². The monoisotopic (exact) mass is 535 g/mol. The number of nitrogens with zero attached hydrogens (tertiary/aromatic N) is 4. The quantitative estimate of drug-likeness (QED) is 0.544. The maximum Gasteiger partial charge on any atom is 0.410 e. The van der Waals surface area contributed by atoms with Gasteiger partial charge in [0.25, 0.3) is 5.91 Å². The number of ether oxygens (including phenoxy) is 1. The van der Waals surface area contributed by atoms with Crippen LogP contribution in [0.3, 0.4) is 0 Å². The molecule has 1 aromatic heterocycles. The van der Waals surface area contributed by atoms with Crippen LogP contribution in [0.25, 0.3) is 5.69 Å². The van der Waals surface area contributed by atoms with Crippen molar-refractivity contribution in [1.29, 1.82) is 0 Å². The maximum atomic E-state index is 13.6. The van der Waals surface area contributed by atoms with Gasteiger partial charge in [-0.1, -0.05) is 30.5 Å². The van der Waals surface area contributed by atoms with Crippen LogP contribution in [0, 0.1) is 12.8 Å². The summed E-state index contributed by atoms with van der Waals surface area (Å²) in [5.74, 6) is 0.581. The predicted molar refractivity (Wildman–Crippen MR) is 152 cm³/mol. The molecule has 212 valence electrons. The second-order valence-corrected chi connectivity index (χ2v) is 12.7. The fourth-order valence-electron chi connectivity index (χ4n) is 6.44. The molecular formula is C31H45N5O3. The third kappa shape index (κ3) is 6.65. The van der Waals surface area contributed by atoms with E-state index in [-0.39, 0.29) is 17.9 Å². The van der Waals surface area contributed by atoms with Crippen LogP contribution in [0.4, 0.5) is 4.79 Å². The van der Waals surface area contributed by atoms with E-state index in [1.165, 1.54) is 31.2 Å². The van der Waals surface area contributed by atoms with Gasteiger partial charge >= 0.3 is 6.09 Å². The zero-order chi connectivity index (χ0) is 27.6. The maximum absolute atomic E-state index is 13.6. The molecular weight excluding hydrogens is 490 g/mol. The van der Waals surface area contributed by atoms with Crippen LogP contribution < -0.4 is 5.32 Å². The lowest BCUT2D eigenvalue weighted by atomic mass is 9.90. The number of hydrogen-bond donors (Lipinski definition) is 1.